The van der Waals surface area contributed by atoms with Crippen LogP contribution in [0.4, 0.5) is 11.4 Å². The van der Waals surface area contributed by atoms with E-state index in [9.17, 15) is 4.79 Å². The summed E-state index contributed by atoms with van der Waals surface area (Å²) in [6.45, 7) is 3.82. The first-order valence-corrected chi connectivity index (χ1v) is 10.5. The van der Waals surface area contributed by atoms with E-state index < -0.39 is 0 Å². The third-order valence-corrected chi connectivity index (χ3v) is 6.01. The first kappa shape index (κ1) is 19.0. The number of amides is 1. The minimum absolute atomic E-state index is 0.0886. The maximum absolute atomic E-state index is 13.4. The highest BCUT2D eigenvalue weighted by Gasteiger charge is 2.33. The minimum Gasteiger partial charge on any atom is -0.342 e. The molecule has 0 aliphatic carbocycles. The Morgan fingerprint density at radius 3 is 2.43 bits per heavy atom. The Kier molecular flexibility index (Phi) is 5.67. The summed E-state index contributed by atoms with van der Waals surface area (Å²) in [5.74, 6) is 0.212. The summed E-state index contributed by atoms with van der Waals surface area (Å²) in [5.41, 5.74) is 4.91. The lowest BCUT2D eigenvalue weighted by atomic mass is 9.90. The van der Waals surface area contributed by atoms with Crippen LogP contribution in [0.3, 0.4) is 0 Å². The molecule has 1 amide bonds. The van der Waals surface area contributed by atoms with Gasteiger partial charge in [-0.25, -0.2) is 0 Å². The molecule has 0 aromatic heterocycles. The Bertz CT molecular complexity index is 826. The zero-order chi connectivity index (χ0) is 19.5. The van der Waals surface area contributed by atoms with Crippen LogP contribution in [-0.2, 0) is 11.2 Å². The van der Waals surface area contributed by atoms with E-state index in [4.69, 9.17) is 0 Å². The standard InChI is InChI=1S/C24H31N3O/c1-25(2)14-9-17-27-22-12-5-3-10-19(22)18-21(20-11-4-6-13-23(20)27)24(28)26-15-7-8-16-26/h3-6,10-13,21H,7-9,14-18H2,1-2H3. The highest BCUT2D eigenvalue weighted by molar-refractivity contribution is 5.88. The van der Waals surface area contributed by atoms with Gasteiger partial charge in [0, 0.05) is 31.0 Å². The molecule has 1 saturated heterocycles. The lowest BCUT2D eigenvalue weighted by Crippen LogP contribution is -2.33. The van der Waals surface area contributed by atoms with Gasteiger partial charge in [-0.2, -0.15) is 0 Å². The van der Waals surface area contributed by atoms with Gasteiger partial charge in [0.1, 0.15) is 0 Å². The second kappa shape index (κ2) is 8.36. The molecule has 1 fully saturated rings. The summed E-state index contributed by atoms with van der Waals surface area (Å²) in [5, 5.41) is 0. The van der Waals surface area contributed by atoms with E-state index in [0.29, 0.717) is 5.91 Å². The number of rotatable bonds is 5. The Balaban J connectivity index is 1.74. The predicted octanol–water partition coefficient (Wildman–Crippen LogP) is 4.04. The number of anilines is 2. The lowest BCUT2D eigenvalue weighted by Gasteiger charge is -2.28. The van der Waals surface area contributed by atoms with Crippen molar-refractivity contribution in [3.63, 3.8) is 0 Å². The number of carbonyl (C=O) groups is 1. The molecule has 0 bridgehead atoms. The Morgan fingerprint density at radius 1 is 1.00 bits per heavy atom. The monoisotopic (exact) mass is 377 g/mol. The molecular weight excluding hydrogens is 346 g/mol. The van der Waals surface area contributed by atoms with Crippen molar-refractivity contribution in [2.75, 3.05) is 45.2 Å². The van der Waals surface area contributed by atoms with Crippen LogP contribution >= 0.6 is 0 Å². The summed E-state index contributed by atoms with van der Waals surface area (Å²) in [6, 6.07) is 17.2. The maximum Gasteiger partial charge on any atom is 0.230 e. The Hall–Kier alpha value is -2.33. The van der Waals surface area contributed by atoms with Crippen LogP contribution in [0, 0.1) is 0 Å². The number of hydrogen-bond donors (Lipinski definition) is 0. The van der Waals surface area contributed by atoms with Crippen LogP contribution in [0.2, 0.25) is 0 Å². The summed E-state index contributed by atoms with van der Waals surface area (Å²) in [6.07, 6.45) is 4.13. The van der Waals surface area contributed by atoms with Crippen LogP contribution in [0.25, 0.3) is 0 Å². The average Bonchev–Trinajstić information content (AvgIpc) is 3.20. The molecule has 2 aliphatic rings. The van der Waals surface area contributed by atoms with Gasteiger partial charge in [0.25, 0.3) is 0 Å². The van der Waals surface area contributed by atoms with Crippen molar-refractivity contribution in [1.29, 1.82) is 0 Å². The number of benzene rings is 2. The fraction of sp³-hybridized carbons (Fsp3) is 0.458. The number of nitrogens with zero attached hydrogens (tertiary/aromatic N) is 3. The molecule has 28 heavy (non-hydrogen) atoms. The van der Waals surface area contributed by atoms with Gasteiger partial charge in [0.15, 0.2) is 0 Å². The van der Waals surface area contributed by atoms with Crippen LogP contribution in [0.5, 0.6) is 0 Å². The highest BCUT2D eigenvalue weighted by atomic mass is 16.2. The van der Waals surface area contributed by atoms with Crippen molar-refractivity contribution in [1.82, 2.24) is 9.80 Å². The van der Waals surface area contributed by atoms with Gasteiger partial charge in [-0.1, -0.05) is 36.4 Å². The molecule has 2 aromatic carbocycles. The smallest absolute Gasteiger partial charge is 0.230 e. The first-order chi connectivity index (χ1) is 13.6. The van der Waals surface area contributed by atoms with Crippen LogP contribution in [0.1, 0.15) is 36.3 Å². The van der Waals surface area contributed by atoms with Crippen molar-refractivity contribution >= 4 is 17.3 Å². The molecule has 0 saturated carbocycles. The third-order valence-electron chi connectivity index (χ3n) is 6.01. The predicted molar refractivity (Wildman–Crippen MR) is 115 cm³/mol. The van der Waals surface area contributed by atoms with Crippen molar-refractivity contribution in [3.05, 3.63) is 59.7 Å². The quantitative estimate of drug-likeness (QED) is 0.787. The highest BCUT2D eigenvalue weighted by Crippen LogP contribution is 2.41. The van der Waals surface area contributed by atoms with Gasteiger partial charge in [0.2, 0.25) is 5.91 Å². The number of fused-ring (bicyclic) bond motifs is 2. The van der Waals surface area contributed by atoms with Crippen molar-refractivity contribution in [2.45, 2.75) is 31.6 Å². The van der Waals surface area contributed by atoms with E-state index in [1.54, 1.807) is 0 Å². The average molecular weight is 378 g/mol. The molecule has 1 atom stereocenters. The normalized spacial score (nSPS) is 18.8. The largest absolute Gasteiger partial charge is 0.342 e. The molecule has 4 heteroatoms. The molecule has 2 aromatic rings. The molecule has 4 nitrogen and oxygen atoms in total. The first-order valence-electron chi connectivity index (χ1n) is 10.5. The van der Waals surface area contributed by atoms with E-state index >= 15 is 0 Å². The van der Waals surface area contributed by atoms with Crippen molar-refractivity contribution < 1.29 is 4.79 Å². The summed E-state index contributed by atoms with van der Waals surface area (Å²) < 4.78 is 0. The lowest BCUT2D eigenvalue weighted by molar-refractivity contribution is -0.131. The zero-order valence-electron chi connectivity index (χ0n) is 17.1. The van der Waals surface area contributed by atoms with Crippen molar-refractivity contribution in [3.8, 4) is 0 Å². The summed E-state index contributed by atoms with van der Waals surface area (Å²) in [4.78, 5) is 20.2. The van der Waals surface area contributed by atoms with E-state index in [1.165, 1.54) is 22.5 Å². The maximum atomic E-state index is 13.4. The molecule has 4 rings (SSSR count). The van der Waals surface area contributed by atoms with Gasteiger partial charge in [-0.15, -0.1) is 0 Å². The molecule has 2 heterocycles. The minimum atomic E-state index is -0.0886. The van der Waals surface area contributed by atoms with E-state index in [0.717, 1.165) is 51.9 Å². The number of likely N-dealkylation sites (tertiary alicyclic amines) is 1. The molecule has 2 aliphatic heterocycles. The van der Waals surface area contributed by atoms with Gasteiger partial charge in [-0.05, 0) is 69.6 Å². The van der Waals surface area contributed by atoms with Crippen molar-refractivity contribution in [2.24, 2.45) is 0 Å². The molecule has 0 spiro atoms. The fourth-order valence-electron chi connectivity index (χ4n) is 4.60. The molecular formula is C24H31N3O. The number of hydrogen-bond acceptors (Lipinski definition) is 3. The molecule has 148 valence electrons. The van der Waals surface area contributed by atoms with Gasteiger partial charge in [-0.3, -0.25) is 4.79 Å². The fourth-order valence-corrected chi connectivity index (χ4v) is 4.60. The Labute approximate surface area is 168 Å². The molecule has 0 N–H and O–H groups in total. The topological polar surface area (TPSA) is 26.8 Å². The Morgan fingerprint density at radius 2 is 1.68 bits per heavy atom. The summed E-state index contributed by atoms with van der Waals surface area (Å²) in [7, 11) is 4.24. The number of para-hydroxylation sites is 2. The molecule has 1 unspecified atom stereocenters. The second-order valence-corrected chi connectivity index (χ2v) is 8.29. The molecule has 0 radical (unpaired) electrons. The van der Waals surface area contributed by atoms with Gasteiger partial charge in [0.05, 0.1) is 5.92 Å². The number of carbonyl (C=O) groups excluding carboxylic acids is 1. The zero-order valence-corrected chi connectivity index (χ0v) is 17.1. The summed E-state index contributed by atoms with van der Waals surface area (Å²) >= 11 is 0. The van der Waals surface area contributed by atoms with E-state index in [1.807, 2.05) is 0 Å². The van der Waals surface area contributed by atoms with Crippen LogP contribution < -0.4 is 4.90 Å². The van der Waals surface area contributed by atoms with Crippen LogP contribution in [0.15, 0.2) is 48.5 Å². The van der Waals surface area contributed by atoms with Gasteiger partial charge < -0.3 is 14.7 Å². The van der Waals surface area contributed by atoms with Gasteiger partial charge >= 0.3 is 0 Å². The van der Waals surface area contributed by atoms with E-state index in [2.05, 4.69) is 77.3 Å². The van der Waals surface area contributed by atoms with E-state index in [-0.39, 0.29) is 5.92 Å². The second-order valence-electron chi connectivity index (χ2n) is 8.29. The van der Waals surface area contributed by atoms with Crippen LogP contribution in [-0.4, -0.2) is 56.0 Å². The third kappa shape index (κ3) is 3.79. The SMILES string of the molecule is CN(C)CCCN1c2ccccc2CC(C(=O)N2CCCC2)c2ccccc21.